The third-order valence-electron chi connectivity index (χ3n) is 5.68. The highest BCUT2D eigenvalue weighted by molar-refractivity contribution is 7.48. The molecule has 13 heteroatoms. The number of nitrogen functional groups attached to an aromatic ring is 1. The van der Waals surface area contributed by atoms with Crippen LogP contribution in [0.5, 0.6) is 0 Å². The van der Waals surface area contributed by atoms with Crippen molar-refractivity contribution in [3.05, 3.63) is 6.33 Å². The lowest BCUT2D eigenvalue weighted by molar-refractivity contribution is -0.0686. The molecule has 2 aromatic rings. The molecule has 1 saturated carbocycles. The monoisotopic (exact) mass is 428 g/mol. The Morgan fingerprint density at radius 2 is 2.24 bits per heavy atom. The Morgan fingerprint density at radius 1 is 1.45 bits per heavy atom. The summed E-state index contributed by atoms with van der Waals surface area (Å²) in [5.74, 6) is 0.552. The van der Waals surface area contributed by atoms with Crippen molar-refractivity contribution in [3.63, 3.8) is 0 Å². The van der Waals surface area contributed by atoms with Crippen LogP contribution >= 0.6 is 7.82 Å². The number of phosphoric ester groups is 1. The van der Waals surface area contributed by atoms with Crippen LogP contribution in [-0.4, -0.2) is 57.2 Å². The van der Waals surface area contributed by atoms with E-state index >= 15 is 4.39 Å². The van der Waals surface area contributed by atoms with Crippen molar-refractivity contribution in [3.8, 4) is 0 Å². The zero-order valence-corrected chi connectivity index (χ0v) is 16.8. The summed E-state index contributed by atoms with van der Waals surface area (Å²) in [6.45, 7) is 1.20. The van der Waals surface area contributed by atoms with E-state index in [4.69, 9.17) is 24.0 Å². The molecule has 158 valence electrons. The van der Waals surface area contributed by atoms with Crippen LogP contribution in [0.15, 0.2) is 6.33 Å². The van der Waals surface area contributed by atoms with E-state index < -0.39 is 31.9 Å². The van der Waals surface area contributed by atoms with Gasteiger partial charge in [-0.15, -0.1) is 0 Å². The third-order valence-corrected chi connectivity index (χ3v) is 7.08. The van der Waals surface area contributed by atoms with Crippen LogP contribution in [0, 0.1) is 0 Å². The van der Waals surface area contributed by atoms with Crippen LogP contribution in [-0.2, 0) is 22.9 Å². The number of nitrogens with one attached hydrogen (secondary N) is 1. The number of imidazole rings is 1. The first-order chi connectivity index (χ1) is 13.8. The summed E-state index contributed by atoms with van der Waals surface area (Å²) in [4.78, 5) is 12.9. The topological polar surface area (TPSA) is 136 Å². The molecule has 5 atom stereocenters. The van der Waals surface area contributed by atoms with E-state index in [0.29, 0.717) is 23.0 Å². The molecule has 2 aliphatic heterocycles. The second kappa shape index (κ2) is 6.58. The van der Waals surface area contributed by atoms with E-state index in [1.165, 1.54) is 24.9 Å². The lowest BCUT2D eigenvalue weighted by Gasteiger charge is -2.33. The van der Waals surface area contributed by atoms with E-state index in [2.05, 4.69) is 20.3 Å². The predicted molar refractivity (Wildman–Crippen MR) is 99.9 cm³/mol. The highest BCUT2D eigenvalue weighted by atomic mass is 31.2. The van der Waals surface area contributed by atoms with Gasteiger partial charge in [-0.3, -0.25) is 18.1 Å². The first-order valence-electron chi connectivity index (χ1n) is 9.40. The van der Waals surface area contributed by atoms with Gasteiger partial charge in [0, 0.05) is 13.2 Å². The summed E-state index contributed by atoms with van der Waals surface area (Å²) >= 11 is 0. The van der Waals surface area contributed by atoms with E-state index in [9.17, 15) is 4.57 Å². The van der Waals surface area contributed by atoms with Gasteiger partial charge in [0.25, 0.3) is 0 Å². The van der Waals surface area contributed by atoms with Gasteiger partial charge in [0.15, 0.2) is 28.9 Å². The molecule has 3 N–H and O–H groups in total. The number of fused-ring (bicyclic) bond motifs is 2. The zero-order valence-electron chi connectivity index (χ0n) is 15.9. The van der Waals surface area contributed by atoms with Gasteiger partial charge < -0.3 is 15.8 Å². The standard InChI is InChI=1S/C16H22FN6O5P/c1-16(17)11-9(6-26-29(24,25-2)28-11)27-14(16)23-7-19-10-12(20-8-4-3-5-8)21-15(18)22-13(10)23/h7-9,11,14H,3-6H2,1-2H3,(H3,18,20,21,22)/t9-,11-,14-,16-,29-/m1/s1. The van der Waals surface area contributed by atoms with Crippen LogP contribution in [0.2, 0.25) is 0 Å². The molecule has 5 rings (SSSR count). The first-order valence-corrected chi connectivity index (χ1v) is 10.9. The maximum absolute atomic E-state index is 15.8. The van der Waals surface area contributed by atoms with Crippen LogP contribution < -0.4 is 11.1 Å². The fourth-order valence-corrected chi connectivity index (χ4v) is 5.09. The zero-order chi connectivity index (χ0) is 20.4. The lowest BCUT2D eigenvalue weighted by Crippen LogP contribution is -2.44. The number of halogens is 1. The van der Waals surface area contributed by atoms with Gasteiger partial charge in [0.1, 0.15) is 12.2 Å². The van der Waals surface area contributed by atoms with Crippen molar-refractivity contribution in [2.75, 3.05) is 24.8 Å². The van der Waals surface area contributed by atoms with Gasteiger partial charge in [-0.05, 0) is 26.2 Å². The largest absolute Gasteiger partial charge is 0.475 e. The number of anilines is 2. The molecule has 2 aromatic heterocycles. The van der Waals surface area contributed by atoms with Crippen LogP contribution in [0.25, 0.3) is 11.2 Å². The molecule has 0 amide bonds. The van der Waals surface area contributed by atoms with Gasteiger partial charge in [0.05, 0.1) is 12.9 Å². The molecule has 0 spiro atoms. The second-order valence-electron chi connectivity index (χ2n) is 7.66. The first kappa shape index (κ1) is 19.1. The summed E-state index contributed by atoms with van der Waals surface area (Å²) in [5, 5.41) is 3.32. The van der Waals surface area contributed by atoms with Crippen LogP contribution in [0.1, 0.15) is 32.4 Å². The Kier molecular flexibility index (Phi) is 4.34. The van der Waals surface area contributed by atoms with Crippen molar-refractivity contribution in [1.82, 2.24) is 19.5 Å². The average Bonchev–Trinajstić information content (AvgIpc) is 3.16. The Bertz CT molecular complexity index is 998. The fraction of sp³-hybridized carbons (Fsp3) is 0.688. The van der Waals surface area contributed by atoms with Gasteiger partial charge >= 0.3 is 7.82 Å². The highest BCUT2D eigenvalue weighted by Crippen LogP contribution is 2.59. The van der Waals surface area contributed by atoms with E-state index in [-0.39, 0.29) is 12.6 Å². The number of hydrogen-bond acceptors (Lipinski definition) is 10. The minimum atomic E-state index is -3.82. The number of ether oxygens (including phenoxy) is 1. The summed E-state index contributed by atoms with van der Waals surface area (Å²) in [5.41, 5.74) is 4.64. The lowest BCUT2D eigenvalue weighted by atomic mass is 9.93. The Hall–Kier alpha value is -1.85. The number of phosphoric acid groups is 1. The van der Waals surface area contributed by atoms with E-state index in [1.807, 2.05) is 0 Å². The molecule has 0 aromatic carbocycles. The normalized spacial score (nSPS) is 37.4. The summed E-state index contributed by atoms with van der Waals surface area (Å²) in [6, 6.07) is 0.309. The van der Waals surface area contributed by atoms with Gasteiger partial charge in [-0.2, -0.15) is 9.97 Å². The molecular weight excluding hydrogens is 406 g/mol. The van der Waals surface area contributed by atoms with Gasteiger partial charge in [-0.25, -0.2) is 13.9 Å². The van der Waals surface area contributed by atoms with Crippen molar-refractivity contribution < 1.29 is 27.3 Å². The molecule has 4 heterocycles. The molecule has 0 unspecified atom stereocenters. The molecule has 1 aliphatic carbocycles. The molecule has 3 fully saturated rings. The Morgan fingerprint density at radius 3 is 2.93 bits per heavy atom. The number of hydrogen-bond donors (Lipinski definition) is 2. The van der Waals surface area contributed by atoms with Gasteiger partial charge in [-0.1, -0.05) is 0 Å². The fourth-order valence-electron chi connectivity index (χ4n) is 3.89. The summed E-state index contributed by atoms with van der Waals surface area (Å²) in [6.07, 6.45) is 1.62. The molecule has 11 nitrogen and oxygen atoms in total. The number of nitrogens with two attached hydrogens (primary N) is 1. The van der Waals surface area contributed by atoms with Crippen LogP contribution in [0.3, 0.4) is 0 Å². The van der Waals surface area contributed by atoms with Crippen molar-refractivity contribution in [1.29, 1.82) is 0 Å². The smallest absolute Gasteiger partial charge is 0.368 e. The second-order valence-corrected chi connectivity index (χ2v) is 9.38. The number of aromatic nitrogens is 4. The average molecular weight is 428 g/mol. The van der Waals surface area contributed by atoms with Crippen molar-refractivity contribution >= 4 is 30.8 Å². The maximum atomic E-state index is 15.8. The summed E-state index contributed by atoms with van der Waals surface area (Å²) in [7, 11) is -2.64. The highest BCUT2D eigenvalue weighted by Gasteiger charge is 2.61. The molecule has 0 radical (unpaired) electrons. The molecule has 29 heavy (non-hydrogen) atoms. The minimum Gasteiger partial charge on any atom is -0.368 e. The number of nitrogens with zero attached hydrogens (tertiary/aromatic N) is 4. The maximum Gasteiger partial charge on any atom is 0.475 e. The van der Waals surface area contributed by atoms with Crippen molar-refractivity contribution in [2.24, 2.45) is 0 Å². The predicted octanol–water partition coefficient (Wildman–Crippen LogP) is 2.17. The van der Waals surface area contributed by atoms with Crippen LogP contribution in [0.4, 0.5) is 16.2 Å². The van der Waals surface area contributed by atoms with E-state index in [1.54, 1.807) is 0 Å². The third kappa shape index (κ3) is 3.01. The molecule has 2 saturated heterocycles. The van der Waals surface area contributed by atoms with E-state index in [0.717, 1.165) is 19.3 Å². The Labute approximate surface area is 165 Å². The molecular formula is C16H22FN6O5P. The van der Waals surface area contributed by atoms with Gasteiger partial charge in [0.2, 0.25) is 5.95 Å². The number of rotatable bonds is 4. The minimum absolute atomic E-state index is 0.0421. The Balaban J connectivity index is 1.51. The summed E-state index contributed by atoms with van der Waals surface area (Å²) < 4.78 is 50.7. The molecule has 3 aliphatic rings. The SMILES string of the molecule is CO[P@]1(=O)OC[C@H]2O[C@@H](n3cnc4c(NC5CCC5)nc(N)nc43)[C@](C)(F)[C@@H]2O1. The van der Waals surface area contributed by atoms with Crippen molar-refractivity contribution in [2.45, 2.75) is 56.3 Å². The number of alkyl halides is 1. The quantitative estimate of drug-likeness (QED) is 0.697. The molecule has 0 bridgehead atoms.